The Balaban J connectivity index is 1.55. The van der Waals surface area contributed by atoms with Crippen molar-refractivity contribution < 1.29 is 18.7 Å². The number of thiazole rings is 1. The lowest BCUT2D eigenvalue weighted by Crippen LogP contribution is -2.22. The smallest absolute Gasteiger partial charge is 0.411 e. The Bertz CT molecular complexity index is 1520. The Morgan fingerprint density at radius 1 is 1.18 bits per heavy atom. The number of carbonyl (C=O) groups is 2. The first kappa shape index (κ1) is 25.5. The monoisotopic (exact) mass is 534 g/mol. The van der Waals surface area contributed by atoms with Gasteiger partial charge in [0.25, 0.3) is 0 Å². The summed E-state index contributed by atoms with van der Waals surface area (Å²) in [4.78, 5) is 33.5. The largest absolute Gasteiger partial charge is 0.449 e. The van der Waals surface area contributed by atoms with Gasteiger partial charge in [-0.25, -0.2) is 18.9 Å². The van der Waals surface area contributed by atoms with E-state index in [2.05, 4.69) is 20.6 Å². The summed E-state index contributed by atoms with van der Waals surface area (Å²) in [7, 11) is 0. The second-order valence-corrected chi connectivity index (χ2v) is 11.2. The lowest BCUT2D eigenvalue weighted by atomic mass is 9.95. The summed E-state index contributed by atoms with van der Waals surface area (Å²) < 4.78 is 22.4. The van der Waals surface area contributed by atoms with Gasteiger partial charge >= 0.3 is 6.09 Å². The lowest BCUT2D eigenvalue weighted by Gasteiger charge is -2.18. The van der Waals surface area contributed by atoms with Gasteiger partial charge in [0.15, 0.2) is 10.9 Å². The topological polar surface area (TPSA) is 111 Å². The van der Waals surface area contributed by atoms with Crippen molar-refractivity contribution in [3.63, 3.8) is 0 Å². The molecule has 0 unspecified atom stereocenters. The second kappa shape index (κ2) is 9.97. The summed E-state index contributed by atoms with van der Waals surface area (Å²) in [6, 6.07) is 8.16. The van der Waals surface area contributed by atoms with Crippen molar-refractivity contribution in [3.8, 4) is 27.5 Å². The average Bonchev–Trinajstić information content (AvgIpc) is 3.43. The van der Waals surface area contributed by atoms with Crippen LogP contribution in [0.25, 0.3) is 27.5 Å². The highest BCUT2D eigenvalue weighted by Crippen LogP contribution is 2.44. The first-order valence-electron chi connectivity index (χ1n) is 12.1. The van der Waals surface area contributed by atoms with E-state index >= 15 is 4.39 Å². The molecule has 2 amide bonds. The summed E-state index contributed by atoms with van der Waals surface area (Å²) in [5, 5.41) is 10.6. The Morgan fingerprint density at radius 3 is 2.68 bits per heavy atom. The molecule has 0 bridgehead atoms. The summed E-state index contributed by atoms with van der Waals surface area (Å²) in [5.74, 6) is -0.781. The maximum Gasteiger partial charge on any atom is 0.411 e. The van der Waals surface area contributed by atoms with E-state index in [1.54, 1.807) is 29.2 Å². The number of halogens is 1. The van der Waals surface area contributed by atoms with Crippen LogP contribution in [0.3, 0.4) is 0 Å². The van der Waals surface area contributed by atoms with Crippen LogP contribution in [0, 0.1) is 11.2 Å². The molecule has 196 valence electrons. The molecule has 0 saturated carbocycles. The van der Waals surface area contributed by atoms with Gasteiger partial charge in [-0.15, -0.1) is 0 Å². The maximum absolute atomic E-state index is 15.6. The van der Waals surface area contributed by atoms with Crippen molar-refractivity contribution >= 4 is 34.2 Å². The standard InChI is InChI=1S/C27H27FN6O3S/c1-15(35)30-25-32-20-9-8-18-22(16-6-5-11-29-13-16)33-34(23(18)24(20)38-25)21-10-7-17(12-19(21)28)31-26(36)37-14-27(2,3)4/h5-7,10-13H,8-9,14H2,1-4H3,(H,31,36)(H,30,32,35). The van der Waals surface area contributed by atoms with Crippen molar-refractivity contribution in [1.29, 1.82) is 0 Å². The molecule has 0 fully saturated rings. The number of ether oxygens (including phenoxy) is 1. The number of anilines is 2. The first-order chi connectivity index (χ1) is 18.1. The fraction of sp³-hybridized carbons (Fsp3) is 0.296. The number of carbonyl (C=O) groups excluding carboxylic acids is 2. The number of fused-ring (bicyclic) bond motifs is 3. The Labute approximate surface area is 223 Å². The number of aromatic nitrogens is 4. The highest BCUT2D eigenvalue weighted by molar-refractivity contribution is 7.19. The van der Waals surface area contributed by atoms with Crippen LogP contribution in [-0.4, -0.2) is 38.4 Å². The molecule has 1 aromatic carbocycles. The number of hydrogen-bond donors (Lipinski definition) is 2. The minimum absolute atomic E-state index is 0.188. The molecule has 3 aromatic heterocycles. The molecule has 5 rings (SSSR count). The van der Waals surface area contributed by atoms with Crippen LogP contribution < -0.4 is 10.6 Å². The van der Waals surface area contributed by atoms with Gasteiger partial charge in [-0.2, -0.15) is 5.10 Å². The highest BCUT2D eigenvalue weighted by Gasteiger charge is 2.30. The van der Waals surface area contributed by atoms with E-state index in [0.717, 1.165) is 27.4 Å². The van der Waals surface area contributed by atoms with E-state index < -0.39 is 11.9 Å². The van der Waals surface area contributed by atoms with Gasteiger partial charge < -0.3 is 10.1 Å². The molecule has 4 aromatic rings. The van der Waals surface area contributed by atoms with Gasteiger partial charge in [0.05, 0.1) is 28.6 Å². The third-order valence-electron chi connectivity index (χ3n) is 5.78. The van der Waals surface area contributed by atoms with Gasteiger partial charge in [-0.3, -0.25) is 15.1 Å². The molecule has 0 saturated heterocycles. The number of nitrogens with zero attached hydrogens (tertiary/aromatic N) is 4. The fourth-order valence-corrected chi connectivity index (χ4v) is 5.29. The number of nitrogens with one attached hydrogen (secondary N) is 2. The Morgan fingerprint density at radius 2 is 2.00 bits per heavy atom. The predicted octanol–water partition coefficient (Wildman–Crippen LogP) is 5.85. The zero-order valence-electron chi connectivity index (χ0n) is 21.5. The third-order valence-corrected chi connectivity index (χ3v) is 6.80. The van der Waals surface area contributed by atoms with Crippen molar-refractivity contribution in [1.82, 2.24) is 19.7 Å². The number of hydrogen-bond acceptors (Lipinski definition) is 7. The van der Waals surface area contributed by atoms with Gasteiger partial charge in [0.1, 0.15) is 5.69 Å². The number of rotatable bonds is 5. The molecule has 0 spiro atoms. The summed E-state index contributed by atoms with van der Waals surface area (Å²) in [6.45, 7) is 7.51. The third kappa shape index (κ3) is 5.28. The van der Waals surface area contributed by atoms with Gasteiger partial charge in [0.2, 0.25) is 5.91 Å². The molecular formula is C27H27FN6O3S. The van der Waals surface area contributed by atoms with Gasteiger partial charge in [-0.05, 0) is 48.6 Å². The molecule has 3 heterocycles. The molecule has 1 aliphatic rings. The maximum atomic E-state index is 15.6. The van der Waals surface area contributed by atoms with Crippen LogP contribution >= 0.6 is 11.3 Å². The SMILES string of the molecule is CC(=O)Nc1nc2c(s1)-c1c(c(-c3cccnc3)nn1-c1ccc(NC(=O)OCC(C)(C)C)cc1F)CC2. The average molecular weight is 535 g/mol. The molecule has 2 N–H and O–H groups in total. The van der Waals surface area contributed by atoms with Crippen LogP contribution in [0.15, 0.2) is 42.7 Å². The summed E-state index contributed by atoms with van der Waals surface area (Å²) >= 11 is 1.33. The first-order valence-corrected chi connectivity index (χ1v) is 12.9. The molecule has 0 aliphatic heterocycles. The summed E-state index contributed by atoms with van der Waals surface area (Å²) in [6.07, 6.45) is 4.08. The minimum atomic E-state index is -0.651. The van der Waals surface area contributed by atoms with Crippen LogP contribution in [0.5, 0.6) is 0 Å². The molecule has 0 radical (unpaired) electrons. The number of pyridine rings is 1. The zero-order valence-corrected chi connectivity index (χ0v) is 22.3. The molecule has 11 heteroatoms. The molecular weight excluding hydrogens is 507 g/mol. The normalized spacial score (nSPS) is 12.4. The van der Waals surface area contributed by atoms with E-state index in [4.69, 9.17) is 9.84 Å². The second-order valence-electron chi connectivity index (χ2n) is 10.2. The van der Waals surface area contributed by atoms with Crippen molar-refractivity contribution in [2.24, 2.45) is 5.41 Å². The molecule has 9 nitrogen and oxygen atoms in total. The van der Waals surface area contributed by atoms with Crippen LogP contribution in [0.1, 0.15) is 39.0 Å². The van der Waals surface area contributed by atoms with E-state index in [-0.39, 0.29) is 29.3 Å². The number of amides is 2. The van der Waals surface area contributed by atoms with Gasteiger partial charge in [-0.1, -0.05) is 32.1 Å². The molecule has 38 heavy (non-hydrogen) atoms. The van der Waals surface area contributed by atoms with Crippen LogP contribution in [0.4, 0.5) is 20.0 Å². The van der Waals surface area contributed by atoms with E-state index in [1.807, 2.05) is 32.9 Å². The van der Waals surface area contributed by atoms with Crippen molar-refractivity contribution in [2.45, 2.75) is 40.5 Å². The van der Waals surface area contributed by atoms with Crippen molar-refractivity contribution in [3.05, 3.63) is 59.8 Å². The quantitative estimate of drug-likeness (QED) is 0.332. The number of benzene rings is 1. The van der Waals surface area contributed by atoms with Gasteiger partial charge in [0, 0.05) is 36.1 Å². The Kier molecular flexibility index (Phi) is 6.70. The molecule has 0 atom stereocenters. The van der Waals surface area contributed by atoms with Crippen molar-refractivity contribution in [2.75, 3.05) is 17.2 Å². The Hall–Kier alpha value is -4.12. The zero-order chi connectivity index (χ0) is 27.0. The van der Waals surface area contributed by atoms with E-state index in [9.17, 15) is 9.59 Å². The number of aryl methyl sites for hydroxylation is 1. The highest BCUT2D eigenvalue weighted by atomic mass is 32.1. The van der Waals surface area contributed by atoms with E-state index in [0.29, 0.717) is 23.7 Å². The van der Waals surface area contributed by atoms with E-state index in [1.165, 1.54) is 24.3 Å². The lowest BCUT2D eigenvalue weighted by molar-refractivity contribution is -0.114. The summed E-state index contributed by atoms with van der Waals surface area (Å²) in [5.41, 5.74) is 4.33. The minimum Gasteiger partial charge on any atom is -0.449 e. The van der Waals surface area contributed by atoms with Crippen LogP contribution in [0.2, 0.25) is 0 Å². The molecule has 1 aliphatic carbocycles. The fourth-order valence-electron chi connectivity index (χ4n) is 4.18. The van der Waals surface area contributed by atoms with Crippen LogP contribution in [-0.2, 0) is 22.4 Å². The predicted molar refractivity (Wildman–Crippen MR) is 144 cm³/mol.